The van der Waals surface area contributed by atoms with Crippen LogP contribution in [0.4, 0.5) is 0 Å². The maximum absolute atomic E-state index is 12.5. The van der Waals surface area contributed by atoms with E-state index >= 15 is 0 Å². The number of hydrogen-bond donors (Lipinski definition) is 4. The molecule has 0 bridgehead atoms. The molecule has 0 heterocycles. The van der Waals surface area contributed by atoms with Gasteiger partial charge >= 0.3 is 0 Å². The molecule has 0 spiro atoms. The molecule has 4 aromatic carbocycles. The second-order valence-corrected chi connectivity index (χ2v) is 32.0. The van der Waals surface area contributed by atoms with Crippen molar-refractivity contribution in [3.05, 3.63) is 121 Å². The first-order valence-corrected chi connectivity index (χ1v) is 39.9. The van der Waals surface area contributed by atoms with E-state index in [1.807, 2.05) is 107 Å². The summed E-state index contributed by atoms with van der Waals surface area (Å²) in [5.41, 5.74) is 23.1. The third-order valence-corrected chi connectivity index (χ3v) is 24.9. The molecule has 0 radical (unpaired) electrons. The molecule has 0 saturated carbocycles. The molecule has 4 aromatic rings. The average molecular weight is 1370 g/mol. The van der Waals surface area contributed by atoms with Gasteiger partial charge in [0.15, 0.2) is 0 Å². The van der Waals surface area contributed by atoms with Gasteiger partial charge in [-0.25, -0.2) is 33.7 Å². The zero-order chi connectivity index (χ0) is 72.2. The van der Waals surface area contributed by atoms with E-state index in [1.54, 1.807) is 125 Å². The van der Waals surface area contributed by atoms with E-state index in [4.69, 9.17) is 22.9 Å². The molecule has 0 fully saturated rings. The van der Waals surface area contributed by atoms with Gasteiger partial charge in [0, 0.05) is 52.4 Å². The Morgan fingerprint density at radius 1 is 0.261 bits per heavy atom. The second kappa shape index (κ2) is 51.6. The van der Waals surface area contributed by atoms with Gasteiger partial charge in [-0.1, -0.05) is 184 Å². The Kier molecular flexibility index (Phi) is 53.2. The molecule has 536 valence electrons. The Bertz CT molecular complexity index is 2450. The van der Waals surface area contributed by atoms with Crippen molar-refractivity contribution < 1.29 is 33.7 Å². The molecule has 92 heavy (non-hydrogen) atoms. The van der Waals surface area contributed by atoms with Gasteiger partial charge in [-0.2, -0.15) is 17.2 Å². The monoisotopic (exact) mass is 1370 g/mol. The Hall–Kier alpha value is -3.64. The topological polar surface area (TPSA) is 254 Å². The molecule has 8 N–H and O–H groups in total. The lowest BCUT2D eigenvalue weighted by atomic mass is 9.90. The van der Waals surface area contributed by atoms with Crippen LogP contribution in [-0.4, -0.2) is 129 Å². The van der Waals surface area contributed by atoms with Gasteiger partial charge in [0.2, 0.25) is 40.1 Å². The smallest absolute Gasteiger partial charge is 0.243 e. The molecule has 16 nitrogen and oxygen atoms in total. The Labute approximate surface area is 567 Å². The first kappa shape index (κ1) is 94.8. The molecule has 0 amide bonds. The van der Waals surface area contributed by atoms with Crippen LogP contribution in [0.2, 0.25) is 0 Å². The van der Waals surface area contributed by atoms with Crippen LogP contribution < -0.4 is 22.9 Å². The highest BCUT2D eigenvalue weighted by Gasteiger charge is 2.30. The predicted octanol–water partition coefficient (Wildman–Crippen LogP) is 14.9. The molecular formula is C72H136N8O8S4. The van der Waals surface area contributed by atoms with Crippen LogP contribution in [0.25, 0.3) is 0 Å². The van der Waals surface area contributed by atoms with Crippen molar-refractivity contribution in [3.8, 4) is 0 Å². The summed E-state index contributed by atoms with van der Waals surface area (Å²) in [6.07, 6.45) is 7.08. The molecule has 8 atom stereocenters. The second-order valence-electron chi connectivity index (χ2n) is 24.0. The van der Waals surface area contributed by atoms with Crippen LogP contribution in [0, 0.1) is 47.3 Å². The number of rotatable bonds is 32. The van der Waals surface area contributed by atoms with Gasteiger partial charge in [-0.05, 0) is 201 Å². The van der Waals surface area contributed by atoms with Crippen LogP contribution in [0.15, 0.2) is 141 Å². The number of sulfonamides is 4. The Morgan fingerprint density at radius 2 is 0.391 bits per heavy atom. The number of benzene rings is 4. The lowest BCUT2D eigenvalue weighted by Gasteiger charge is -2.27. The standard InChI is InChI=1S/4C16H28N2O2S.4C2H6/c4*1-13(2)15(12-17)11-10-14(3)18(4)21(19,20)16-8-6-5-7-9-16;4*1-2/h4*5-9,13-15H,10-12,17H2,1-4H3;4*1-2H3/t2*14-,15+;2*14-,15-;;;;/m1010..../s1. The maximum Gasteiger partial charge on any atom is 0.243 e. The lowest BCUT2D eigenvalue weighted by Crippen LogP contribution is -2.36. The normalized spacial score (nSPS) is 14.3. The minimum atomic E-state index is -3.41. The molecule has 20 heteroatoms. The highest BCUT2D eigenvalue weighted by atomic mass is 32.2. The zero-order valence-electron chi connectivity index (χ0n) is 62.0. The van der Waals surface area contributed by atoms with E-state index in [0.29, 0.717) is 93.1 Å². The van der Waals surface area contributed by atoms with E-state index < -0.39 is 40.1 Å². The van der Waals surface area contributed by atoms with E-state index in [1.165, 1.54) is 17.2 Å². The van der Waals surface area contributed by atoms with Crippen molar-refractivity contribution in [1.82, 2.24) is 17.2 Å². The molecule has 0 unspecified atom stereocenters. The van der Waals surface area contributed by atoms with Crippen LogP contribution in [0.5, 0.6) is 0 Å². The van der Waals surface area contributed by atoms with E-state index in [0.717, 1.165) is 51.4 Å². The Morgan fingerprint density at radius 3 is 0.500 bits per heavy atom. The van der Waals surface area contributed by atoms with Gasteiger partial charge in [0.1, 0.15) is 0 Å². The first-order valence-electron chi connectivity index (χ1n) is 34.1. The summed E-state index contributed by atoms with van der Waals surface area (Å²) in [6.45, 7) is 43.7. The summed E-state index contributed by atoms with van der Waals surface area (Å²) in [4.78, 5) is 1.38. The summed E-state index contributed by atoms with van der Waals surface area (Å²) >= 11 is 0. The van der Waals surface area contributed by atoms with Gasteiger partial charge in [0.25, 0.3) is 0 Å². The Balaban J connectivity index is -0.000000540. The number of hydrogen-bond acceptors (Lipinski definition) is 12. The van der Waals surface area contributed by atoms with Crippen molar-refractivity contribution >= 4 is 40.1 Å². The van der Waals surface area contributed by atoms with Crippen LogP contribution >= 0.6 is 0 Å². The molecule has 4 rings (SSSR count). The quantitative estimate of drug-likeness (QED) is 0.0356. The van der Waals surface area contributed by atoms with Crippen molar-refractivity contribution in [2.75, 3.05) is 54.4 Å². The highest BCUT2D eigenvalue weighted by Crippen LogP contribution is 2.27. The third kappa shape index (κ3) is 33.8. The SMILES string of the molecule is CC.CC.CC.CC.CC(C)[C@@H](CN)CC[C@@H](C)N(C)S(=O)(=O)c1ccccc1.CC(C)[C@@H](CN)CC[C@H](C)N(C)S(=O)(=O)c1ccccc1.CC(C)[C@H](CN)CC[C@@H](C)N(C)S(=O)(=O)c1ccccc1.CC(C)[C@H](CN)CC[C@H](C)N(C)S(=O)(=O)c1ccccc1. The largest absolute Gasteiger partial charge is 0.330 e. The van der Waals surface area contributed by atoms with E-state index in [-0.39, 0.29) is 24.2 Å². The third-order valence-electron chi connectivity index (χ3n) is 17.0. The molecule has 0 aliphatic rings. The summed E-state index contributed by atoms with van der Waals surface area (Å²) in [5, 5.41) is 0. The highest BCUT2D eigenvalue weighted by molar-refractivity contribution is 7.90. The van der Waals surface area contributed by atoms with E-state index in [9.17, 15) is 33.7 Å². The maximum atomic E-state index is 12.5. The molecule has 0 aliphatic heterocycles. The van der Waals surface area contributed by atoms with Crippen LogP contribution in [0.1, 0.15) is 190 Å². The van der Waals surface area contributed by atoms with Crippen molar-refractivity contribution in [1.29, 1.82) is 0 Å². The number of nitrogens with zero attached hydrogens (tertiary/aromatic N) is 4. The summed E-state index contributed by atoms with van der Waals surface area (Å²) < 4.78 is 106. The molecular weight excluding hydrogens is 1230 g/mol. The van der Waals surface area contributed by atoms with Gasteiger partial charge < -0.3 is 22.9 Å². The van der Waals surface area contributed by atoms with Crippen molar-refractivity contribution in [2.45, 2.75) is 234 Å². The summed E-state index contributed by atoms with van der Waals surface area (Å²) in [5.74, 6) is 3.88. The molecule has 0 aliphatic carbocycles. The summed E-state index contributed by atoms with van der Waals surface area (Å²) in [6, 6.07) is 34.1. The van der Waals surface area contributed by atoms with Gasteiger partial charge in [-0.15, -0.1) is 0 Å². The van der Waals surface area contributed by atoms with Crippen molar-refractivity contribution in [2.24, 2.45) is 70.3 Å². The average Bonchev–Trinajstić information content (AvgIpc) is 1.48. The number of nitrogens with two attached hydrogens (primary N) is 4. The lowest BCUT2D eigenvalue weighted by molar-refractivity contribution is 0.302. The fourth-order valence-electron chi connectivity index (χ4n) is 9.42. The first-order chi connectivity index (χ1) is 43.2. The fraction of sp³-hybridized carbons (Fsp3) is 0.667. The zero-order valence-corrected chi connectivity index (χ0v) is 65.2. The van der Waals surface area contributed by atoms with Gasteiger partial charge in [0.05, 0.1) is 19.6 Å². The predicted molar refractivity (Wildman–Crippen MR) is 395 cm³/mol. The van der Waals surface area contributed by atoms with Gasteiger partial charge in [-0.3, -0.25) is 0 Å². The minimum absolute atomic E-state index is 0.0389. The summed E-state index contributed by atoms with van der Waals surface area (Å²) in [7, 11) is -7.03. The molecule has 0 saturated heterocycles. The molecule has 0 aromatic heterocycles. The van der Waals surface area contributed by atoms with Crippen LogP contribution in [-0.2, 0) is 40.1 Å². The minimum Gasteiger partial charge on any atom is -0.330 e. The van der Waals surface area contributed by atoms with Crippen molar-refractivity contribution in [3.63, 3.8) is 0 Å². The van der Waals surface area contributed by atoms with E-state index in [2.05, 4.69) is 55.4 Å². The fourth-order valence-corrected chi connectivity index (χ4v) is 15.1. The van der Waals surface area contributed by atoms with Crippen LogP contribution in [0.3, 0.4) is 0 Å².